The first-order valence-electron chi connectivity index (χ1n) is 20.3. The van der Waals surface area contributed by atoms with Crippen LogP contribution in [-0.4, -0.2) is 144 Å². The lowest BCUT2D eigenvalue weighted by Crippen LogP contribution is -2.63. The van der Waals surface area contributed by atoms with Crippen molar-refractivity contribution in [2.45, 2.75) is 148 Å². The van der Waals surface area contributed by atoms with Crippen molar-refractivity contribution in [2.75, 3.05) is 53.4 Å². The van der Waals surface area contributed by atoms with Crippen LogP contribution in [0.25, 0.3) is 0 Å². The largest absolute Gasteiger partial charge is 0.462 e. The minimum atomic E-state index is -1.17. The smallest absolute Gasteiger partial charge is 0.308 e. The summed E-state index contributed by atoms with van der Waals surface area (Å²) in [6, 6.07) is -0.632. The normalized spacial score (nSPS) is 40.2. The van der Waals surface area contributed by atoms with Gasteiger partial charge in [0.05, 0.1) is 36.9 Å². The van der Waals surface area contributed by atoms with E-state index in [1.807, 2.05) is 33.8 Å². The second kappa shape index (κ2) is 20.8. The van der Waals surface area contributed by atoms with Crippen molar-refractivity contribution in [1.29, 1.82) is 0 Å². The molecule has 11 nitrogen and oxygen atoms in total. The SMILES string of the molecule is CC[C@@H]1OC(=O)C[C@H](O)[C@@H](C)[C@H](O[C@@H]2O[C@H](C)[C@H](O)[C@H](N(C)C)[C@@H]2O)[C@H](CCN2CCCCC2)C[C@H](C)C(=O)/C=C/C(C)=C/[C@H]1CN1CCCCC1. The van der Waals surface area contributed by atoms with E-state index in [9.17, 15) is 24.9 Å². The van der Waals surface area contributed by atoms with Gasteiger partial charge in [-0.1, -0.05) is 51.3 Å². The van der Waals surface area contributed by atoms with E-state index in [4.69, 9.17) is 14.2 Å². The molecule has 0 amide bonds. The summed E-state index contributed by atoms with van der Waals surface area (Å²) in [5, 5.41) is 34.2. The van der Waals surface area contributed by atoms with Gasteiger partial charge in [-0.15, -0.1) is 0 Å². The predicted octanol–water partition coefficient (Wildman–Crippen LogP) is 4.18. The molecule has 298 valence electrons. The Labute approximate surface area is 313 Å². The van der Waals surface area contributed by atoms with Crippen LogP contribution in [0, 0.1) is 23.7 Å². The number of likely N-dealkylation sites (N-methyl/N-ethyl adjacent to an activating group) is 1. The molecule has 4 heterocycles. The molecule has 0 aromatic heterocycles. The van der Waals surface area contributed by atoms with Gasteiger partial charge in [0.1, 0.15) is 12.2 Å². The summed E-state index contributed by atoms with van der Waals surface area (Å²) in [6.07, 6.45) is 8.49. The molecule has 12 atom stereocenters. The monoisotopic (exact) mass is 734 g/mol. The molecule has 0 spiro atoms. The van der Waals surface area contributed by atoms with Gasteiger partial charge >= 0.3 is 5.97 Å². The van der Waals surface area contributed by atoms with Crippen molar-refractivity contribution < 1.29 is 39.1 Å². The number of carbonyl (C=O) groups excluding carboxylic acids is 2. The molecule has 3 saturated heterocycles. The molecule has 11 heteroatoms. The fourth-order valence-corrected chi connectivity index (χ4v) is 8.83. The van der Waals surface area contributed by atoms with Gasteiger partial charge in [-0.3, -0.25) is 9.59 Å². The number of aliphatic hydroxyl groups is 3. The molecule has 3 fully saturated rings. The number of piperidine rings is 2. The van der Waals surface area contributed by atoms with Gasteiger partial charge < -0.3 is 44.2 Å². The molecule has 4 rings (SSSR count). The van der Waals surface area contributed by atoms with E-state index >= 15 is 0 Å². The fourth-order valence-electron chi connectivity index (χ4n) is 8.83. The van der Waals surface area contributed by atoms with Gasteiger partial charge in [0.2, 0.25) is 0 Å². The number of ketones is 1. The highest BCUT2D eigenvalue weighted by Gasteiger charge is 2.47. The molecular weight excluding hydrogens is 662 g/mol. The van der Waals surface area contributed by atoms with Gasteiger partial charge in [-0.05, 0) is 118 Å². The molecule has 0 aromatic carbocycles. The highest BCUT2D eigenvalue weighted by molar-refractivity contribution is 5.91. The van der Waals surface area contributed by atoms with Crippen molar-refractivity contribution in [2.24, 2.45) is 23.7 Å². The number of hydrogen-bond acceptors (Lipinski definition) is 11. The van der Waals surface area contributed by atoms with E-state index < -0.39 is 54.7 Å². The first-order valence-corrected chi connectivity index (χ1v) is 20.3. The van der Waals surface area contributed by atoms with Crippen LogP contribution in [0.15, 0.2) is 23.8 Å². The van der Waals surface area contributed by atoms with Crippen LogP contribution < -0.4 is 0 Å². The number of cyclic esters (lactones) is 1. The van der Waals surface area contributed by atoms with E-state index in [0.29, 0.717) is 19.3 Å². The maximum Gasteiger partial charge on any atom is 0.308 e. The molecule has 4 aliphatic heterocycles. The molecule has 52 heavy (non-hydrogen) atoms. The molecule has 0 aromatic rings. The summed E-state index contributed by atoms with van der Waals surface area (Å²) in [5.41, 5.74) is 0.954. The number of allylic oxidation sites excluding steroid dienone is 3. The zero-order chi connectivity index (χ0) is 37.9. The summed E-state index contributed by atoms with van der Waals surface area (Å²) in [6.45, 7) is 15.3. The third-order valence-corrected chi connectivity index (χ3v) is 12.1. The molecule has 0 saturated carbocycles. The Kier molecular flexibility index (Phi) is 17.2. The number of esters is 1. The fraction of sp³-hybridized carbons (Fsp3) is 0.854. The molecule has 0 radical (unpaired) electrons. The first-order chi connectivity index (χ1) is 24.8. The Balaban J connectivity index is 1.68. The van der Waals surface area contributed by atoms with Crippen LogP contribution >= 0.6 is 0 Å². The lowest BCUT2D eigenvalue weighted by Gasteiger charge is -2.47. The van der Waals surface area contributed by atoms with E-state index in [1.54, 1.807) is 32.0 Å². The number of carbonyl (C=O) groups is 2. The third kappa shape index (κ3) is 12.2. The summed E-state index contributed by atoms with van der Waals surface area (Å²) in [7, 11) is 3.60. The molecule has 0 aliphatic carbocycles. The Morgan fingerprint density at radius 2 is 1.54 bits per heavy atom. The zero-order valence-corrected chi connectivity index (χ0v) is 33.2. The van der Waals surface area contributed by atoms with Crippen molar-refractivity contribution >= 4 is 11.8 Å². The van der Waals surface area contributed by atoms with Crippen LogP contribution in [0.2, 0.25) is 0 Å². The van der Waals surface area contributed by atoms with Gasteiger partial charge in [-0.2, -0.15) is 0 Å². The third-order valence-electron chi connectivity index (χ3n) is 12.1. The van der Waals surface area contributed by atoms with Gasteiger partial charge in [0.15, 0.2) is 12.1 Å². The molecule has 3 N–H and O–H groups in total. The van der Waals surface area contributed by atoms with Crippen molar-refractivity contribution in [3.05, 3.63) is 23.8 Å². The first kappa shape index (κ1) is 43.0. The number of likely N-dealkylation sites (tertiary alicyclic amines) is 2. The number of aliphatic hydroxyl groups excluding tert-OH is 3. The van der Waals surface area contributed by atoms with Gasteiger partial charge in [0.25, 0.3) is 0 Å². The highest BCUT2D eigenvalue weighted by Crippen LogP contribution is 2.35. The van der Waals surface area contributed by atoms with E-state index in [-0.39, 0.29) is 36.1 Å². The quantitative estimate of drug-likeness (QED) is 0.295. The van der Waals surface area contributed by atoms with Crippen LogP contribution in [0.5, 0.6) is 0 Å². The van der Waals surface area contributed by atoms with Crippen molar-refractivity contribution in [1.82, 2.24) is 14.7 Å². The lowest BCUT2D eigenvalue weighted by atomic mass is 9.79. The zero-order valence-electron chi connectivity index (χ0n) is 33.2. The van der Waals surface area contributed by atoms with E-state index in [2.05, 4.69) is 15.9 Å². The minimum Gasteiger partial charge on any atom is -0.462 e. The van der Waals surface area contributed by atoms with Crippen LogP contribution in [-0.2, 0) is 23.8 Å². The number of hydrogen-bond donors (Lipinski definition) is 3. The second-order valence-corrected chi connectivity index (χ2v) is 16.6. The van der Waals surface area contributed by atoms with Crippen LogP contribution in [0.1, 0.15) is 98.8 Å². The molecule has 0 unspecified atom stereocenters. The van der Waals surface area contributed by atoms with Gasteiger partial charge in [0, 0.05) is 24.3 Å². The topological polar surface area (TPSA) is 132 Å². The number of rotatable bonds is 9. The molecule has 0 bridgehead atoms. The van der Waals surface area contributed by atoms with Crippen molar-refractivity contribution in [3.8, 4) is 0 Å². The summed E-state index contributed by atoms with van der Waals surface area (Å²) < 4.78 is 19.1. The Morgan fingerprint density at radius 3 is 2.15 bits per heavy atom. The lowest BCUT2D eigenvalue weighted by molar-refractivity contribution is -0.304. The Morgan fingerprint density at radius 1 is 0.904 bits per heavy atom. The Bertz CT molecular complexity index is 1170. The van der Waals surface area contributed by atoms with E-state index in [1.165, 1.54) is 12.8 Å². The van der Waals surface area contributed by atoms with Crippen LogP contribution in [0.4, 0.5) is 0 Å². The molecule has 4 aliphatic rings. The number of ether oxygens (including phenoxy) is 3. The van der Waals surface area contributed by atoms with Crippen LogP contribution in [0.3, 0.4) is 0 Å². The average Bonchev–Trinajstić information content (AvgIpc) is 3.12. The predicted molar refractivity (Wildman–Crippen MR) is 203 cm³/mol. The highest BCUT2D eigenvalue weighted by atomic mass is 16.7. The number of nitrogens with zero attached hydrogens (tertiary/aromatic N) is 3. The van der Waals surface area contributed by atoms with Gasteiger partial charge in [-0.25, -0.2) is 0 Å². The maximum absolute atomic E-state index is 13.8. The summed E-state index contributed by atoms with van der Waals surface area (Å²) in [4.78, 5) is 34.1. The standard InChI is InChI=1S/C41H71N3O8/c1-8-35-32(26-44-20-13-10-14-21-44)23-27(2)15-16-33(45)28(3)24-31(17-22-43-18-11-9-12-19-43)40(29(4)34(46)25-36(47)51-35)52-41-39(49)37(42(6)7)38(48)30(5)50-41/h15-16,23,28-32,34-35,37-41,46,48-49H,8-14,17-22,24-26H2,1-7H3/b16-15+,27-23+/t28-,29+,30+,31+,32-,34-,35-,37-,38-,39-,40-,41-/m0/s1. The summed E-state index contributed by atoms with van der Waals surface area (Å²) in [5.74, 6) is -1.58. The Hall–Kier alpha value is -1.70. The average molecular weight is 734 g/mol. The van der Waals surface area contributed by atoms with Crippen molar-refractivity contribution in [3.63, 3.8) is 0 Å². The maximum atomic E-state index is 13.8. The molecular formula is C41H71N3O8. The second-order valence-electron chi connectivity index (χ2n) is 16.6. The van der Waals surface area contributed by atoms with E-state index in [0.717, 1.165) is 70.5 Å². The summed E-state index contributed by atoms with van der Waals surface area (Å²) >= 11 is 0. The minimum absolute atomic E-state index is 0.0270.